The molecule has 0 heterocycles. The standard InChI is InChI=1S/C66H100O6/c1-4-7-10-13-16-18-20-22-24-26-28-30-32-33-35-36-38-40-42-44-46-48-50-53-56-59-65(68)71-62-63(61-70-64(67)58-55-52-15-12-9-6-3)72-66(69)60-57-54-51-49-47-45-43-41-39-37-34-31-29-27-25-23-21-19-17-14-11-8-5-2/h7-8,10-11,16-19,22-25,28-31,33,35,37-40,43-46,49,51,63H,4-6,9,12-15,20-21,26-27,32,34,36,41-42,47-48,50,52-62H2,1-3H3/b10-7-,11-8-,18-16-,19-17-,24-22-,25-23-,30-28-,31-29-,35-33-,39-37-,40-38-,45-43-,46-44-,51-49-. The predicted octanol–water partition coefficient (Wildman–Crippen LogP) is 19.1. The van der Waals surface area contributed by atoms with Gasteiger partial charge in [-0.1, -0.05) is 229 Å². The van der Waals surface area contributed by atoms with Crippen LogP contribution in [-0.4, -0.2) is 37.2 Å². The van der Waals surface area contributed by atoms with Crippen LogP contribution in [0.2, 0.25) is 0 Å². The molecule has 1 unspecified atom stereocenters. The Balaban J connectivity index is 4.39. The third-order valence-electron chi connectivity index (χ3n) is 11.0. The Hall–Kier alpha value is -5.23. The summed E-state index contributed by atoms with van der Waals surface area (Å²) in [6, 6.07) is 0. The van der Waals surface area contributed by atoms with E-state index in [0.29, 0.717) is 19.3 Å². The Bertz CT molecular complexity index is 1700. The van der Waals surface area contributed by atoms with Crippen molar-refractivity contribution in [2.45, 2.75) is 213 Å². The number of esters is 3. The maximum Gasteiger partial charge on any atom is 0.306 e. The molecule has 6 nitrogen and oxygen atoms in total. The molecular weight excluding hydrogens is 889 g/mol. The zero-order valence-electron chi connectivity index (χ0n) is 45.6. The van der Waals surface area contributed by atoms with E-state index in [4.69, 9.17) is 14.2 Å². The summed E-state index contributed by atoms with van der Waals surface area (Å²) in [6.07, 6.45) is 86.6. The molecule has 0 aliphatic heterocycles. The number of carbonyl (C=O) groups is 3. The highest BCUT2D eigenvalue weighted by Crippen LogP contribution is 2.11. The van der Waals surface area contributed by atoms with Crippen molar-refractivity contribution in [1.29, 1.82) is 0 Å². The second-order valence-electron chi connectivity index (χ2n) is 17.7. The minimum atomic E-state index is -0.829. The van der Waals surface area contributed by atoms with Crippen molar-refractivity contribution in [1.82, 2.24) is 0 Å². The number of ether oxygens (including phenoxy) is 3. The summed E-state index contributed by atoms with van der Waals surface area (Å²) in [5, 5.41) is 0. The molecule has 0 spiro atoms. The molecule has 0 fully saturated rings. The quantitative estimate of drug-likeness (QED) is 0.0262. The summed E-state index contributed by atoms with van der Waals surface area (Å²) >= 11 is 0. The summed E-state index contributed by atoms with van der Waals surface area (Å²) in [7, 11) is 0. The molecule has 0 radical (unpaired) electrons. The highest BCUT2D eigenvalue weighted by Gasteiger charge is 2.19. The molecule has 0 bridgehead atoms. The number of unbranched alkanes of at least 4 members (excludes halogenated alkanes) is 9. The van der Waals surface area contributed by atoms with E-state index in [-0.39, 0.29) is 37.5 Å². The van der Waals surface area contributed by atoms with E-state index in [1.165, 1.54) is 19.3 Å². The van der Waals surface area contributed by atoms with Crippen LogP contribution in [0.4, 0.5) is 0 Å². The van der Waals surface area contributed by atoms with Gasteiger partial charge >= 0.3 is 17.9 Å². The molecule has 1 atom stereocenters. The smallest absolute Gasteiger partial charge is 0.306 e. The molecule has 0 aliphatic carbocycles. The molecule has 6 heteroatoms. The SMILES string of the molecule is CC/C=C\C/C=C\C/C=C\C/C=C\C/C=C\C/C=C\C/C=C\CCCCCC(=O)OCC(COC(=O)CCCCCCCC)OC(=O)CCC/C=C\C/C=C\C/C=C\C/C=C\C/C=C\C/C=C\C/C=C\CC. The van der Waals surface area contributed by atoms with Gasteiger partial charge in [0, 0.05) is 19.3 Å². The minimum absolute atomic E-state index is 0.121. The summed E-state index contributed by atoms with van der Waals surface area (Å²) in [5.41, 5.74) is 0. The fraction of sp³-hybridized carbons (Fsp3) is 0.530. The number of allylic oxidation sites excluding steroid dienone is 28. The van der Waals surface area contributed by atoms with Crippen LogP contribution in [0.1, 0.15) is 207 Å². The van der Waals surface area contributed by atoms with E-state index >= 15 is 0 Å². The van der Waals surface area contributed by atoms with E-state index in [1.54, 1.807) is 0 Å². The van der Waals surface area contributed by atoms with Gasteiger partial charge in [-0.05, 0) is 128 Å². The van der Waals surface area contributed by atoms with Gasteiger partial charge in [0.1, 0.15) is 13.2 Å². The van der Waals surface area contributed by atoms with Crippen LogP contribution >= 0.6 is 0 Å². The molecule has 0 aromatic heterocycles. The third kappa shape index (κ3) is 55.7. The number of hydrogen-bond acceptors (Lipinski definition) is 6. The molecule has 0 aromatic rings. The van der Waals surface area contributed by atoms with Crippen LogP contribution < -0.4 is 0 Å². The molecule has 0 amide bonds. The van der Waals surface area contributed by atoms with Crippen molar-refractivity contribution in [2.24, 2.45) is 0 Å². The number of hydrogen-bond donors (Lipinski definition) is 0. The molecular formula is C66H100O6. The van der Waals surface area contributed by atoms with Crippen molar-refractivity contribution >= 4 is 17.9 Å². The predicted molar refractivity (Wildman–Crippen MR) is 311 cm³/mol. The van der Waals surface area contributed by atoms with Crippen LogP contribution in [-0.2, 0) is 28.6 Å². The van der Waals surface area contributed by atoms with E-state index in [9.17, 15) is 14.4 Å². The first-order chi connectivity index (χ1) is 35.5. The van der Waals surface area contributed by atoms with Crippen molar-refractivity contribution in [2.75, 3.05) is 13.2 Å². The van der Waals surface area contributed by atoms with Crippen LogP contribution in [0, 0.1) is 0 Å². The van der Waals surface area contributed by atoms with Crippen LogP contribution in [0.15, 0.2) is 170 Å². The molecule has 0 N–H and O–H groups in total. The lowest BCUT2D eigenvalue weighted by atomic mass is 10.1. The van der Waals surface area contributed by atoms with Crippen molar-refractivity contribution in [3.05, 3.63) is 170 Å². The highest BCUT2D eigenvalue weighted by atomic mass is 16.6. The molecule has 0 aromatic carbocycles. The van der Waals surface area contributed by atoms with E-state index in [1.807, 2.05) is 0 Å². The Morgan fingerprint density at radius 3 is 0.889 bits per heavy atom. The van der Waals surface area contributed by atoms with Gasteiger partial charge in [-0.15, -0.1) is 0 Å². The van der Waals surface area contributed by atoms with Gasteiger partial charge in [0.15, 0.2) is 6.10 Å². The van der Waals surface area contributed by atoms with Crippen molar-refractivity contribution in [3.63, 3.8) is 0 Å². The van der Waals surface area contributed by atoms with Crippen LogP contribution in [0.3, 0.4) is 0 Å². The number of carbonyl (C=O) groups excluding carboxylic acids is 3. The van der Waals surface area contributed by atoms with E-state index < -0.39 is 6.10 Å². The average molecular weight is 990 g/mol. The zero-order valence-corrected chi connectivity index (χ0v) is 45.6. The summed E-state index contributed by atoms with van der Waals surface area (Å²) in [4.78, 5) is 37.9. The van der Waals surface area contributed by atoms with Gasteiger partial charge in [-0.2, -0.15) is 0 Å². The molecule has 0 aliphatic rings. The Kier molecular flexibility index (Phi) is 54.1. The van der Waals surface area contributed by atoms with Gasteiger partial charge in [0.2, 0.25) is 0 Å². The van der Waals surface area contributed by atoms with Gasteiger partial charge in [-0.3, -0.25) is 14.4 Å². The van der Waals surface area contributed by atoms with E-state index in [0.717, 1.165) is 141 Å². The third-order valence-corrected chi connectivity index (χ3v) is 11.0. The molecule has 0 saturated carbocycles. The highest BCUT2D eigenvalue weighted by molar-refractivity contribution is 5.71. The van der Waals surface area contributed by atoms with Gasteiger partial charge in [-0.25, -0.2) is 0 Å². The van der Waals surface area contributed by atoms with E-state index in [2.05, 4.69) is 191 Å². The normalized spacial score (nSPS) is 13.4. The van der Waals surface area contributed by atoms with Crippen molar-refractivity contribution in [3.8, 4) is 0 Å². The lowest BCUT2D eigenvalue weighted by Crippen LogP contribution is -2.30. The lowest BCUT2D eigenvalue weighted by Gasteiger charge is -2.18. The molecule has 0 saturated heterocycles. The summed E-state index contributed by atoms with van der Waals surface area (Å²) in [5.74, 6) is -1.04. The zero-order chi connectivity index (χ0) is 52.2. The van der Waals surface area contributed by atoms with Crippen LogP contribution in [0.5, 0.6) is 0 Å². The van der Waals surface area contributed by atoms with Gasteiger partial charge in [0.05, 0.1) is 0 Å². The largest absolute Gasteiger partial charge is 0.462 e. The molecule has 0 rings (SSSR count). The molecule has 400 valence electrons. The first-order valence-electron chi connectivity index (χ1n) is 28.1. The summed E-state index contributed by atoms with van der Waals surface area (Å²) < 4.78 is 16.7. The molecule has 72 heavy (non-hydrogen) atoms. The first-order valence-corrected chi connectivity index (χ1v) is 28.1. The maximum atomic E-state index is 12.8. The Labute approximate surface area is 441 Å². The van der Waals surface area contributed by atoms with Crippen LogP contribution in [0.25, 0.3) is 0 Å². The second-order valence-corrected chi connectivity index (χ2v) is 17.7. The monoisotopic (exact) mass is 989 g/mol. The first kappa shape index (κ1) is 66.8. The maximum absolute atomic E-state index is 12.8. The fourth-order valence-corrected chi connectivity index (χ4v) is 6.82. The fourth-order valence-electron chi connectivity index (χ4n) is 6.82. The van der Waals surface area contributed by atoms with Crippen molar-refractivity contribution < 1.29 is 28.6 Å². The second kappa shape index (κ2) is 58.3. The lowest BCUT2D eigenvalue weighted by molar-refractivity contribution is -0.167. The Morgan fingerprint density at radius 1 is 0.292 bits per heavy atom. The Morgan fingerprint density at radius 2 is 0.556 bits per heavy atom. The minimum Gasteiger partial charge on any atom is -0.462 e. The average Bonchev–Trinajstić information content (AvgIpc) is 3.38. The van der Waals surface area contributed by atoms with Gasteiger partial charge < -0.3 is 14.2 Å². The summed E-state index contributed by atoms with van der Waals surface area (Å²) in [6.45, 7) is 6.24. The van der Waals surface area contributed by atoms with Gasteiger partial charge in [0.25, 0.3) is 0 Å². The topological polar surface area (TPSA) is 78.9 Å². The number of rotatable bonds is 48.